The summed E-state index contributed by atoms with van der Waals surface area (Å²) in [6.45, 7) is 5.61. The van der Waals surface area contributed by atoms with E-state index in [0.717, 1.165) is 6.42 Å². The van der Waals surface area contributed by atoms with Crippen LogP contribution in [0.3, 0.4) is 0 Å². The van der Waals surface area contributed by atoms with E-state index < -0.39 is 0 Å². The summed E-state index contributed by atoms with van der Waals surface area (Å²) >= 11 is 0. The Balaban J connectivity index is 2.16. The molecule has 2 heteroatoms. The van der Waals surface area contributed by atoms with Crippen LogP contribution in [-0.2, 0) is 0 Å². The van der Waals surface area contributed by atoms with E-state index in [1.54, 1.807) is 25.0 Å². The predicted molar refractivity (Wildman–Crippen MR) is 50.9 cm³/mol. The van der Waals surface area contributed by atoms with Crippen molar-refractivity contribution in [3.8, 4) is 17.8 Å². The van der Waals surface area contributed by atoms with Gasteiger partial charge in [0.25, 0.3) is 5.95 Å². The average Bonchev–Trinajstić information content (AvgIpc) is 2.57. The maximum atomic E-state index is 5.20. The van der Waals surface area contributed by atoms with Crippen LogP contribution >= 0.6 is 0 Å². The molecule has 0 fully saturated rings. The van der Waals surface area contributed by atoms with Gasteiger partial charge in [-0.15, -0.1) is 11.8 Å². The Hall–Kier alpha value is -1.36. The molecule has 1 radical (unpaired) electrons. The Labute approximate surface area is 78.9 Å². The van der Waals surface area contributed by atoms with Gasteiger partial charge >= 0.3 is 0 Å². The number of rotatable bonds is 4. The zero-order chi connectivity index (χ0) is 9.52. The normalized spacial score (nSPS) is 11.5. The molecule has 0 saturated heterocycles. The highest BCUT2D eigenvalue weighted by Crippen LogP contribution is 2.13. The van der Waals surface area contributed by atoms with Crippen molar-refractivity contribution in [2.45, 2.75) is 20.3 Å². The van der Waals surface area contributed by atoms with Crippen LogP contribution in [-0.4, -0.2) is 0 Å². The van der Waals surface area contributed by atoms with Gasteiger partial charge in [0.15, 0.2) is 0 Å². The number of hydrogen-bond donors (Lipinski definition) is 0. The molecule has 1 rings (SSSR count). The molecule has 1 aromatic heterocycles. The molecule has 0 N–H and O–H groups in total. The Bertz CT molecular complexity index is 277. The van der Waals surface area contributed by atoms with Crippen molar-refractivity contribution >= 4 is 0 Å². The average molecular weight is 177 g/mol. The monoisotopic (exact) mass is 177 g/mol. The first-order valence-electron chi connectivity index (χ1n) is 4.27. The minimum atomic E-state index is 0.333. The quantitative estimate of drug-likeness (QED) is 0.660. The van der Waals surface area contributed by atoms with Gasteiger partial charge in [-0.2, -0.15) is 0 Å². The molecule has 0 aliphatic rings. The van der Waals surface area contributed by atoms with Crippen molar-refractivity contribution in [3.63, 3.8) is 0 Å². The lowest BCUT2D eigenvalue weighted by molar-refractivity contribution is 0.289. The Morgan fingerprint density at radius 1 is 1.69 bits per heavy atom. The number of hydrogen-bond acceptors (Lipinski definition) is 2. The fourth-order valence-corrected chi connectivity index (χ4v) is 0.910. The molecular weight excluding hydrogens is 164 g/mol. The van der Waals surface area contributed by atoms with Crippen molar-refractivity contribution in [1.29, 1.82) is 0 Å². The summed E-state index contributed by atoms with van der Waals surface area (Å²) in [5.74, 6) is 6.75. The Morgan fingerprint density at radius 3 is 3.15 bits per heavy atom. The van der Waals surface area contributed by atoms with Crippen LogP contribution < -0.4 is 4.74 Å². The van der Waals surface area contributed by atoms with E-state index in [4.69, 9.17) is 9.15 Å². The molecule has 0 aromatic carbocycles. The summed E-state index contributed by atoms with van der Waals surface area (Å²) in [4.78, 5) is 0. The van der Waals surface area contributed by atoms with Gasteiger partial charge in [-0.1, -0.05) is 6.92 Å². The largest absolute Gasteiger partial charge is 0.458 e. The summed E-state index contributed by atoms with van der Waals surface area (Å²) in [6, 6.07) is 3.56. The van der Waals surface area contributed by atoms with E-state index in [1.165, 1.54) is 0 Å². The van der Waals surface area contributed by atoms with Gasteiger partial charge < -0.3 is 9.15 Å². The molecule has 1 unspecified atom stereocenters. The molecule has 0 saturated carbocycles. The molecule has 0 aliphatic carbocycles. The van der Waals surface area contributed by atoms with Crippen LogP contribution in [0.4, 0.5) is 0 Å². The fourth-order valence-electron chi connectivity index (χ4n) is 0.910. The molecule has 0 aliphatic heterocycles. The SMILES string of the molecule is CC#CC(C)C[CH]Oc1ccco1. The second kappa shape index (κ2) is 5.31. The van der Waals surface area contributed by atoms with Gasteiger partial charge in [-0.3, -0.25) is 0 Å². The molecule has 0 spiro atoms. The van der Waals surface area contributed by atoms with Gasteiger partial charge in [-0.25, -0.2) is 0 Å². The summed E-state index contributed by atoms with van der Waals surface area (Å²) in [5.41, 5.74) is 0. The Morgan fingerprint density at radius 2 is 2.54 bits per heavy atom. The molecule has 1 atom stereocenters. The van der Waals surface area contributed by atoms with Crippen LogP contribution in [0.25, 0.3) is 0 Å². The fraction of sp³-hybridized carbons (Fsp3) is 0.364. The van der Waals surface area contributed by atoms with Gasteiger partial charge in [-0.05, 0) is 13.0 Å². The standard InChI is InChI=1S/C11H13O2/c1-3-5-10(2)7-9-13-11-6-4-8-12-11/h4,6,8-10H,7H2,1-2H3. The molecule has 13 heavy (non-hydrogen) atoms. The summed E-state index contributed by atoms with van der Waals surface area (Å²) in [5, 5.41) is 0. The van der Waals surface area contributed by atoms with Gasteiger partial charge in [0, 0.05) is 18.4 Å². The Kier molecular flexibility index (Phi) is 3.98. The first-order chi connectivity index (χ1) is 6.33. The molecule has 0 amide bonds. The molecule has 2 nitrogen and oxygen atoms in total. The van der Waals surface area contributed by atoms with Crippen LogP contribution in [0.2, 0.25) is 0 Å². The van der Waals surface area contributed by atoms with Crippen molar-refractivity contribution in [3.05, 3.63) is 25.0 Å². The first kappa shape index (κ1) is 9.73. The minimum absolute atomic E-state index is 0.333. The van der Waals surface area contributed by atoms with E-state index in [0.29, 0.717) is 11.9 Å². The van der Waals surface area contributed by atoms with Gasteiger partial charge in [0.05, 0.1) is 6.26 Å². The first-order valence-corrected chi connectivity index (χ1v) is 4.27. The van der Waals surface area contributed by atoms with E-state index in [9.17, 15) is 0 Å². The van der Waals surface area contributed by atoms with Crippen LogP contribution in [0.1, 0.15) is 20.3 Å². The van der Waals surface area contributed by atoms with Gasteiger partial charge in [0.2, 0.25) is 0 Å². The smallest absolute Gasteiger partial charge is 0.284 e. The highest BCUT2D eigenvalue weighted by atomic mass is 16.6. The third-order valence-corrected chi connectivity index (χ3v) is 1.54. The molecular formula is C11H13O2. The van der Waals surface area contributed by atoms with Gasteiger partial charge in [0.1, 0.15) is 6.61 Å². The lowest BCUT2D eigenvalue weighted by Crippen LogP contribution is -1.95. The topological polar surface area (TPSA) is 22.4 Å². The third kappa shape index (κ3) is 3.71. The van der Waals surface area contributed by atoms with Crippen molar-refractivity contribution in [2.24, 2.45) is 5.92 Å². The maximum absolute atomic E-state index is 5.20. The van der Waals surface area contributed by atoms with E-state index in [1.807, 2.05) is 6.92 Å². The van der Waals surface area contributed by atoms with Crippen LogP contribution in [0, 0.1) is 24.4 Å². The number of ether oxygens (including phenoxy) is 1. The lowest BCUT2D eigenvalue weighted by atomic mass is 10.1. The second-order valence-corrected chi connectivity index (χ2v) is 2.75. The summed E-state index contributed by atoms with van der Waals surface area (Å²) < 4.78 is 10.2. The zero-order valence-corrected chi connectivity index (χ0v) is 7.91. The third-order valence-electron chi connectivity index (χ3n) is 1.54. The van der Waals surface area contributed by atoms with Crippen molar-refractivity contribution in [2.75, 3.05) is 0 Å². The van der Waals surface area contributed by atoms with Crippen LogP contribution in [0.15, 0.2) is 22.8 Å². The molecule has 1 heterocycles. The second-order valence-electron chi connectivity index (χ2n) is 2.75. The molecule has 0 bridgehead atoms. The predicted octanol–water partition coefficient (Wildman–Crippen LogP) is 2.87. The van der Waals surface area contributed by atoms with E-state index in [2.05, 4.69) is 18.8 Å². The molecule has 69 valence electrons. The van der Waals surface area contributed by atoms with Crippen molar-refractivity contribution < 1.29 is 9.15 Å². The van der Waals surface area contributed by atoms with E-state index >= 15 is 0 Å². The van der Waals surface area contributed by atoms with E-state index in [-0.39, 0.29) is 0 Å². The van der Waals surface area contributed by atoms with Crippen LogP contribution in [0.5, 0.6) is 5.95 Å². The summed E-state index contributed by atoms with van der Waals surface area (Å²) in [7, 11) is 0. The highest BCUT2D eigenvalue weighted by Gasteiger charge is 2.00. The minimum Gasteiger partial charge on any atom is -0.458 e. The zero-order valence-electron chi connectivity index (χ0n) is 7.91. The van der Waals surface area contributed by atoms with Crippen molar-refractivity contribution in [1.82, 2.24) is 0 Å². The lowest BCUT2D eigenvalue weighted by Gasteiger charge is -2.02. The number of furan rings is 1. The highest BCUT2D eigenvalue weighted by molar-refractivity contribution is 5.05. The molecule has 1 aromatic rings. The maximum Gasteiger partial charge on any atom is 0.284 e. The summed E-state index contributed by atoms with van der Waals surface area (Å²) in [6.07, 6.45) is 2.39.